The van der Waals surface area contributed by atoms with E-state index in [1.54, 1.807) is 0 Å². The number of aliphatic hydroxyl groups is 1. The van der Waals surface area contributed by atoms with E-state index in [2.05, 4.69) is 26.8 Å². The third-order valence-electron chi connectivity index (χ3n) is 10.2. The number of carbonyl (C=O) groups is 1. The lowest BCUT2D eigenvalue weighted by Gasteiger charge is -2.57. The molecule has 30 heavy (non-hydrogen) atoms. The number of esters is 1. The van der Waals surface area contributed by atoms with Gasteiger partial charge < -0.3 is 14.6 Å². The second kappa shape index (κ2) is 7.33. The summed E-state index contributed by atoms with van der Waals surface area (Å²) in [5.41, 5.74) is 2.02. The number of fused-ring (bicyclic) bond motifs is 8. The molecule has 0 spiro atoms. The molecule has 5 aliphatic rings. The average Bonchev–Trinajstić information content (AvgIpc) is 3.42. The van der Waals surface area contributed by atoms with Gasteiger partial charge in [0.05, 0.1) is 18.8 Å². The Morgan fingerprint density at radius 3 is 2.80 bits per heavy atom. The van der Waals surface area contributed by atoms with Gasteiger partial charge in [0.2, 0.25) is 0 Å². The summed E-state index contributed by atoms with van der Waals surface area (Å²) in [6.07, 6.45) is 11.2. The van der Waals surface area contributed by atoms with Crippen LogP contribution in [0, 0.1) is 40.4 Å². The minimum atomic E-state index is -0.278. The largest absolute Gasteiger partial charge is 0.466 e. The summed E-state index contributed by atoms with van der Waals surface area (Å²) >= 11 is 0. The third-order valence-corrected chi connectivity index (χ3v) is 10.2. The normalized spacial score (nSPS) is 49.8. The number of hydrogen-bond donors (Lipinski definition) is 1. The van der Waals surface area contributed by atoms with Crippen molar-refractivity contribution in [1.29, 1.82) is 0 Å². The first-order chi connectivity index (χ1) is 14.3. The van der Waals surface area contributed by atoms with Crippen molar-refractivity contribution in [3.05, 3.63) is 11.6 Å². The van der Waals surface area contributed by atoms with Crippen LogP contribution in [0.4, 0.5) is 0 Å². The van der Waals surface area contributed by atoms with Crippen LogP contribution >= 0.6 is 0 Å². The maximum Gasteiger partial charge on any atom is 0.305 e. The first-order valence-electron chi connectivity index (χ1n) is 12.5. The van der Waals surface area contributed by atoms with E-state index >= 15 is 0 Å². The molecule has 0 amide bonds. The van der Waals surface area contributed by atoms with Gasteiger partial charge in [-0.2, -0.15) is 0 Å². The SMILES string of the molecule is CCOC(=O)CC[C@@H](C)[C@H]1CCC2C3C(CC[C@@]21C)[C@@]1(C)CCC(O)C=C1[C@@H]1O[C@H]31. The predicted molar refractivity (Wildman–Crippen MR) is 116 cm³/mol. The number of hydrogen-bond acceptors (Lipinski definition) is 4. The van der Waals surface area contributed by atoms with Crippen LogP contribution in [-0.2, 0) is 14.3 Å². The number of ether oxygens (including phenoxy) is 2. The Kier molecular flexibility index (Phi) is 5.13. The molecule has 0 radical (unpaired) electrons. The van der Waals surface area contributed by atoms with Gasteiger partial charge in [-0.1, -0.05) is 26.8 Å². The van der Waals surface area contributed by atoms with Crippen LogP contribution in [0.2, 0.25) is 0 Å². The molecule has 0 aromatic rings. The van der Waals surface area contributed by atoms with Crippen molar-refractivity contribution >= 4 is 5.97 Å². The van der Waals surface area contributed by atoms with Gasteiger partial charge in [-0.3, -0.25) is 4.79 Å². The van der Waals surface area contributed by atoms with Crippen LogP contribution in [0.15, 0.2) is 11.6 Å². The van der Waals surface area contributed by atoms with Crippen LogP contribution in [0.1, 0.15) is 79.1 Å². The van der Waals surface area contributed by atoms with E-state index in [4.69, 9.17) is 9.47 Å². The Bertz CT molecular complexity index is 731. The van der Waals surface area contributed by atoms with E-state index in [0.29, 0.717) is 48.2 Å². The Labute approximate surface area is 181 Å². The molecule has 1 aliphatic heterocycles. The molecule has 4 nitrogen and oxygen atoms in total. The second-order valence-electron chi connectivity index (χ2n) is 11.5. The molecule has 10 atom stereocenters. The Balaban J connectivity index is 1.34. The summed E-state index contributed by atoms with van der Waals surface area (Å²) in [4.78, 5) is 11.9. The molecule has 4 unspecified atom stereocenters. The number of rotatable bonds is 5. The number of carbonyl (C=O) groups excluding carboxylic acids is 1. The van der Waals surface area contributed by atoms with Gasteiger partial charge in [0.25, 0.3) is 0 Å². The van der Waals surface area contributed by atoms with Gasteiger partial charge in [0.1, 0.15) is 6.10 Å². The zero-order chi connectivity index (χ0) is 21.3. The maximum absolute atomic E-state index is 11.9. The predicted octanol–water partition coefficient (Wildman–Crippen LogP) is 4.89. The molecule has 0 aromatic heterocycles. The fourth-order valence-corrected chi connectivity index (χ4v) is 8.71. The first-order valence-corrected chi connectivity index (χ1v) is 12.5. The molecule has 1 N–H and O–H groups in total. The van der Waals surface area contributed by atoms with E-state index in [0.717, 1.165) is 25.2 Å². The van der Waals surface area contributed by atoms with E-state index in [9.17, 15) is 9.90 Å². The zero-order valence-corrected chi connectivity index (χ0v) is 19.2. The van der Waals surface area contributed by atoms with Gasteiger partial charge in [-0.15, -0.1) is 0 Å². The second-order valence-corrected chi connectivity index (χ2v) is 11.5. The molecule has 0 bridgehead atoms. The molecule has 4 fully saturated rings. The molecule has 1 saturated heterocycles. The smallest absolute Gasteiger partial charge is 0.305 e. The molecular formula is C26H40O4. The molecule has 3 saturated carbocycles. The molecule has 5 rings (SSSR count). The molecule has 168 valence electrons. The standard InChI is InChI=1S/C26H40O4/c1-5-29-21(28)9-6-15(2)17-7-8-18-22-19(11-13-25(17,18)3)26(4)12-10-16(27)14-20(26)23-24(22)30-23/h14-19,22-24,27H,5-13H2,1-4H3/t15-,16?,17-,18?,19?,22?,23+,24-,25-,26-/m1/s1. The van der Waals surface area contributed by atoms with Crippen molar-refractivity contribution in [3.63, 3.8) is 0 Å². The Hall–Kier alpha value is -0.870. The van der Waals surface area contributed by atoms with Gasteiger partial charge in [-0.05, 0) is 97.9 Å². The monoisotopic (exact) mass is 416 g/mol. The minimum absolute atomic E-state index is 0.0408. The van der Waals surface area contributed by atoms with E-state index in [-0.39, 0.29) is 23.6 Å². The summed E-state index contributed by atoms with van der Waals surface area (Å²) < 4.78 is 11.5. The molecule has 0 aromatic carbocycles. The van der Waals surface area contributed by atoms with Crippen LogP contribution in [0.5, 0.6) is 0 Å². The number of epoxide rings is 1. The molecule has 4 aliphatic carbocycles. The highest BCUT2D eigenvalue weighted by Gasteiger charge is 2.69. The third kappa shape index (κ3) is 3.03. The van der Waals surface area contributed by atoms with E-state index in [1.165, 1.54) is 31.3 Å². The average molecular weight is 417 g/mol. The lowest BCUT2D eigenvalue weighted by molar-refractivity contribution is -0.143. The van der Waals surface area contributed by atoms with Crippen LogP contribution in [0.25, 0.3) is 0 Å². The van der Waals surface area contributed by atoms with Gasteiger partial charge in [0.15, 0.2) is 0 Å². The van der Waals surface area contributed by atoms with Crippen molar-refractivity contribution < 1.29 is 19.4 Å². The van der Waals surface area contributed by atoms with Crippen molar-refractivity contribution in [2.24, 2.45) is 40.4 Å². The van der Waals surface area contributed by atoms with Crippen molar-refractivity contribution in [2.75, 3.05) is 6.61 Å². The van der Waals surface area contributed by atoms with Gasteiger partial charge >= 0.3 is 5.97 Å². The lowest BCUT2D eigenvalue weighted by atomic mass is 9.46. The topological polar surface area (TPSA) is 59.1 Å². The highest BCUT2D eigenvalue weighted by atomic mass is 16.6. The molecule has 1 heterocycles. The first kappa shape index (κ1) is 21.0. The minimum Gasteiger partial charge on any atom is -0.466 e. The Morgan fingerprint density at radius 1 is 1.23 bits per heavy atom. The Morgan fingerprint density at radius 2 is 2.03 bits per heavy atom. The maximum atomic E-state index is 11.9. The fraction of sp³-hybridized carbons (Fsp3) is 0.885. The highest BCUT2D eigenvalue weighted by Crippen LogP contribution is 2.71. The fourth-order valence-electron chi connectivity index (χ4n) is 8.71. The summed E-state index contributed by atoms with van der Waals surface area (Å²) in [5.74, 6) is 3.34. The quantitative estimate of drug-likeness (QED) is 0.394. The van der Waals surface area contributed by atoms with E-state index in [1.807, 2.05) is 6.92 Å². The summed E-state index contributed by atoms with van der Waals surface area (Å²) in [5, 5.41) is 10.2. The van der Waals surface area contributed by atoms with Crippen molar-refractivity contribution in [2.45, 2.75) is 97.4 Å². The van der Waals surface area contributed by atoms with Crippen molar-refractivity contribution in [3.8, 4) is 0 Å². The van der Waals surface area contributed by atoms with Crippen LogP contribution in [0.3, 0.4) is 0 Å². The van der Waals surface area contributed by atoms with Crippen LogP contribution in [-0.4, -0.2) is 36.0 Å². The summed E-state index contributed by atoms with van der Waals surface area (Å²) in [6.45, 7) is 9.76. The summed E-state index contributed by atoms with van der Waals surface area (Å²) in [6, 6.07) is 0. The van der Waals surface area contributed by atoms with Gasteiger partial charge in [0, 0.05) is 6.42 Å². The van der Waals surface area contributed by atoms with Crippen molar-refractivity contribution in [1.82, 2.24) is 0 Å². The summed E-state index contributed by atoms with van der Waals surface area (Å²) in [7, 11) is 0. The number of aliphatic hydroxyl groups excluding tert-OH is 1. The molecular weight excluding hydrogens is 376 g/mol. The zero-order valence-electron chi connectivity index (χ0n) is 19.2. The van der Waals surface area contributed by atoms with Crippen LogP contribution < -0.4 is 0 Å². The van der Waals surface area contributed by atoms with E-state index < -0.39 is 0 Å². The highest BCUT2D eigenvalue weighted by molar-refractivity contribution is 5.69. The molecule has 4 heteroatoms. The van der Waals surface area contributed by atoms with Gasteiger partial charge in [-0.25, -0.2) is 0 Å². The lowest BCUT2D eigenvalue weighted by Crippen LogP contribution is -2.54.